The lowest BCUT2D eigenvalue weighted by Crippen LogP contribution is -2.19. The molecule has 0 spiro atoms. The quantitative estimate of drug-likeness (QED) is 0.713. The molecule has 0 bridgehead atoms. The Morgan fingerprint density at radius 2 is 2.00 bits per heavy atom. The van der Waals surface area contributed by atoms with Crippen molar-refractivity contribution in [1.82, 2.24) is 4.57 Å². The molecule has 2 rings (SSSR count). The number of aromatic nitrogens is 1. The van der Waals surface area contributed by atoms with E-state index in [1.165, 1.54) is 31.5 Å². The van der Waals surface area contributed by atoms with Crippen LogP contribution >= 0.6 is 0 Å². The highest BCUT2D eigenvalue weighted by atomic mass is 15.0. The molecule has 0 aromatic carbocycles. The van der Waals surface area contributed by atoms with Crippen molar-refractivity contribution in [2.24, 2.45) is 10.8 Å². The maximum absolute atomic E-state index is 2.47. The van der Waals surface area contributed by atoms with Gasteiger partial charge in [0.05, 0.1) is 0 Å². The molecule has 0 saturated heterocycles. The van der Waals surface area contributed by atoms with Gasteiger partial charge in [-0.15, -0.1) is 0 Å². The molecule has 0 amide bonds. The second-order valence-electron chi connectivity index (χ2n) is 6.72. The zero-order valence-corrected chi connectivity index (χ0v) is 11.2. The fraction of sp³-hybridized carbons (Fsp3) is 0.733. The van der Waals surface area contributed by atoms with Crippen molar-refractivity contribution in [2.45, 2.75) is 59.9 Å². The summed E-state index contributed by atoms with van der Waals surface area (Å²) in [6.07, 6.45) is 7.61. The van der Waals surface area contributed by atoms with Gasteiger partial charge in [-0.1, -0.05) is 27.7 Å². The summed E-state index contributed by atoms with van der Waals surface area (Å²) in [5, 5.41) is 0. The minimum atomic E-state index is 0.468. The molecule has 1 heteroatoms. The topological polar surface area (TPSA) is 4.93 Å². The Kier molecular flexibility index (Phi) is 2.90. The molecule has 0 radical (unpaired) electrons. The summed E-state index contributed by atoms with van der Waals surface area (Å²) in [5.41, 5.74) is 2.57. The fourth-order valence-corrected chi connectivity index (χ4v) is 2.98. The molecule has 90 valence electrons. The summed E-state index contributed by atoms with van der Waals surface area (Å²) in [4.78, 5) is 0. The van der Waals surface area contributed by atoms with Crippen molar-refractivity contribution in [3.8, 4) is 0 Å². The Morgan fingerprint density at radius 1 is 1.31 bits per heavy atom. The van der Waals surface area contributed by atoms with Crippen LogP contribution in [0.1, 0.15) is 52.7 Å². The molecule has 0 atom stereocenters. The Bertz CT molecular complexity index is 350. The van der Waals surface area contributed by atoms with Crippen molar-refractivity contribution in [2.75, 3.05) is 0 Å². The first kappa shape index (κ1) is 11.8. The van der Waals surface area contributed by atoms with E-state index in [9.17, 15) is 0 Å². The maximum Gasteiger partial charge on any atom is 0.0278 e. The third-order valence-electron chi connectivity index (χ3n) is 3.65. The van der Waals surface area contributed by atoms with Crippen molar-refractivity contribution in [3.63, 3.8) is 0 Å². The maximum atomic E-state index is 2.47. The van der Waals surface area contributed by atoms with E-state index >= 15 is 0 Å². The van der Waals surface area contributed by atoms with Crippen molar-refractivity contribution in [3.05, 3.63) is 24.0 Å². The van der Waals surface area contributed by atoms with Crippen molar-refractivity contribution >= 4 is 0 Å². The number of hydrogen-bond donors (Lipinski definition) is 0. The van der Waals surface area contributed by atoms with Gasteiger partial charge < -0.3 is 4.57 Å². The largest absolute Gasteiger partial charge is 0.351 e. The number of rotatable bonds is 4. The minimum Gasteiger partial charge on any atom is -0.351 e. The van der Waals surface area contributed by atoms with Gasteiger partial charge >= 0.3 is 0 Å². The average molecular weight is 219 g/mol. The van der Waals surface area contributed by atoms with Gasteiger partial charge in [0.25, 0.3) is 0 Å². The third kappa shape index (κ3) is 2.69. The van der Waals surface area contributed by atoms with E-state index in [1.807, 2.05) is 0 Å². The summed E-state index contributed by atoms with van der Waals surface area (Å²) >= 11 is 0. The molecular weight excluding hydrogens is 194 g/mol. The van der Waals surface area contributed by atoms with E-state index in [0.29, 0.717) is 10.8 Å². The minimum absolute atomic E-state index is 0.468. The van der Waals surface area contributed by atoms with Gasteiger partial charge in [-0.2, -0.15) is 0 Å². The number of hydrogen-bond acceptors (Lipinski definition) is 0. The summed E-state index contributed by atoms with van der Waals surface area (Å²) in [6.45, 7) is 10.6. The van der Waals surface area contributed by atoms with Gasteiger partial charge in [0.15, 0.2) is 0 Å². The van der Waals surface area contributed by atoms with E-state index in [0.717, 1.165) is 6.42 Å². The highest BCUT2D eigenvalue weighted by Gasteiger charge is 2.45. The SMILES string of the molecule is CCc1cccn1CC1(CC(C)(C)C)CC1. The van der Waals surface area contributed by atoms with Crippen LogP contribution in [0.15, 0.2) is 18.3 Å². The van der Waals surface area contributed by atoms with Crippen molar-refractivity contribution < 1.29 is 0 Å². The predicted octanol–water partition coefficient (Wildman–Crippen LogP) is 4.27. The number of aryl methyl sites for hydroxylation is 1. The first-order chi connectivity index (χ1) is 7.44. The molecule has 1 heterocycles. The zero-order chi connectivity index (χ0) is 11.8. The van der Waals surface area contributed by atoms with Crippen LogP contribution in [0.2, 0.25) is 0 Å². The fourth-order valence-electron chi connectivity index (χ4n) is 2.98. The van der Waals surface area contributed by atoms with Gasteiger partial charge in [0.2, 0.25) is 0 Å². The van der Waals surface area contributed by atoms with Gasteiger partial charge in [-0.25, -0.2) is 0 Å². The standard InChI is InChI=1S/C15H25N/c1-5-13-7-6-10-16(13)12-15(8-9-15)11-14(2,3)4/h6-7,10H,5,8-9,11-12H2,1-4H3. The van der Waals surface area contributed by atoms with Crippen LogP contribution in [0.5, 0.6) is 0 Å². The summed E-state index contributed by atoms with van der Waals surface area (Å²) < 4.78 is 2.47. The molecule has 1 aromatic rings. The molecule has 1 aromatic heterocycles. The average Bonchev–Trinajstić information content (AvgIpc) is 2.75. The molecule has 1 fully saturated rings. The van der Waals surface area contributed by atoms with Crippen LogP contribution in [0.3, 0.4) is 0 Å². The highest BCUT2D eigenvalue weighted by molar-refractivity contribution is 5.09. The monoisotopic (exact) mass is 219 g/mol. The summed E-state index contributed by atoms with van der Waals surface area (Å²) in [7, 11) is 0. The Balaban J connectivity index is 2.04. The predicted molar refractivity (Wildman–Crippen MR) is 69.5 cm³/mol. The molecule has 1 saturated carbocycles. The summed E-state index contributed by atoms with van der Waals surface area (Å²) in [5.74, 6) is 0. The first-order valence-corrected chi connectivity index (χ1v) is 6.58. The van der Waals surface area contributed by atoms with E-state index < -0.39 is 0 Å². The smallest absolute Gasteiger partial charge is 0.0278 e. The van der Waals surface area contributed by atoms with Crippen LogP contribution < -0.4 is 0 Å². The Hall–Kier alpha value is -0.720. The Morgan fingerprint density at radius 3 is 2.50 bits per heavy atom. The van der Waals surface area contributed by atoms with Gasteiger partial charge in [0, 0.05) is 18.4 Å². The lowest BCUT2D eigenvalue weighted by molar-refractivity contribution is 0.251. The van der Waals surface area contributed by atoms with Crippen LogP contribution in [0, 0.1) is 10.8 Å². The number of nitrogens with zero attached hydrogens (tertiary/aromatic N) is 1. The lowest BCUT2D eigenvalue weighted by Gasteiger charge is -2.26. The van der Waals surface area contributed by atoms with E-state index in [1.54, 1.807) is 0 Å². The molecule has 1 aliphatic carbocycles. The molecule has 16 heavy (non-hydrogen) atoms. The summed E-state index contributed by atoms with van der Waals surface area (Å²) in [6, 6.07) is 4.44. The highest BCUT2D eigenvalue weighted by Crippen LogP contribution is 2.54. The molecule has 1 aliphatic rings. The second kappa shape index (κ2) is 3.94. The molecule has 1 nitrogen and oxygen atoms in total. The van der Waals surface area contributed by atoms with Crippen LogP contribution in [-0.4, -0.2) is 4.57 Å². The zero-order valence-electron chi connectivity index (χ0n) is 11.2. The van der Waals surface area contributed by atoms with Gasteiger partial charge in [0.1, 0.15) is 0 Å². The van der Waals surface area contributed by atoms with Crippen LogP contribution in [-0.2, 0) is 13.0 Å². The van der Waals surface area contributed by atoms with E-state index in [4.69, 9.17) is 0 Å². The third-order valence-corrected chi connectivity index (χ3v) is 3.65. The second-order valence-corrected chi connectivity index (χ2v) is 6.72. The molecule has 0 aliphatic heterocycles. The van der Waals surface area contributed by atoms with Crippen LogP contribution in [0.4, 0.5) is 0 Å². The van der Waals surface area contributed by atoms with Crippen molar-refractivity contribution in [1.29, 1.82) is 0 Å². The van der Waals surface area contributed by atoms with Gasteiger partial charge in [-0.05, 0) is 48.6 Å². The first-order valence-electron chi connectivity index (χ1n) is 6.58. The molecular formula is C15H25N. The molecule has 0 unspecified atom stereocenters. The Labute approximate surface area is 99.9 Å². The van der Waals surface area contributed by atoms with Crippen LogP contribution in [0.25, 0.3) is 0 Å². The molecule has 0 N–H and O–H groups in total. The normalized spacial score (nSPS) is 18.8. The van der Waals surface area contributed by atoms with Gasteiger partial charge in [-0.3, -0.25) is 0 Å². The lowest BCUT2D eigenvalue weighted by atomic mass is 9.82. The van der Waals surface area contributed by atoms with E-state index in [-0.39, 0.29) is 0 Å². The van der Waals surface area contributed by atoms with E-state index in [2.05, 4.69) is 50.6 Å².